The molecule has 1 aliphatic heterocycles. The fourth-order valence-electron chi connectivity index (χ4n) is 3.50. The molecular weight excluding hydrogens is 348 g/mol. The number of aromatic nitrogens is 1. The topological polar surface area (TPSA) is 48.5 Å². The number of para-hydroxylation sites is 1. The second-order valence-electron chi connectivity index (χ2n) is 6.95. The molecule has 3 aromatic rings. The van der Waals surface area contributed by atoms with Gasteiger partial charge in [0, 0.05) is 37.4 Å². The van der Waals surface area contributed by atoms with Gasteiger partial charge in [0.05, 0.1) is 5.69 Å². The number of benzene rings is 2. The first kappa shape index (κ1) is 18.0. The van der Waals surface area contributed by atoms with Crippen LogP contribution in [-0.4, -0.2) is 42.1 Å². The predicted molar refractivity (Wildman–Crippen MR) is 114 cm³/mol. The lowest BCUT2D eigenvalue weighted by atomic mass is 10.0. The van der Waals surface area contributed by atoms with E-state index in [1.54, 1.807) is 0 Å². The fraction of sp³-hybridized carbons (Fsp3) is 0.217. The summed E-state index contributed by atoms with van der Waals surface area (Å²) in [4.78, 5) is 21.5. The Labute approximate surface area is 165 Å². The van der Waals surface area contributed by atoms with Crippen molar-refractivity contribution in [1.82, 2.24) is 9.88 Å². The van der Waals surface area contributed by atoms with Gasteiger partial charge in [-0.2, -0.15) is 0 Å². The molecule has 0 bridgehead atoms. The number of pyridine rings is 1. The first-order valence-corrected chi connectivity index (χ1v) is 9.60. The van der Waals surface area contributed by atoms with Crippen LogP contribution in [0.15, 0.2) is 72.8 Å². The highest BCUT2D eigenvalue weighted by Crippen LogP contribution is 2.28. The van der Waals surface area contributed by atoms with Gasteiger partial charge in [-0.1, -0.05) is 54.6 Å². The maximum absolute atomic E-state index is 12.8. The Hall–Kier alpha value is -3.34. The fourth-order valence-corrected chi connectivity index (χ4v) is 3.50. The standard InChI is InChI=1S/C23H24N4O/c1-18-8-7-13-22(24-18)26-14-16-27(17-15-26)23(28)25-21-12-6-5-11-20(21)19-9-3-2-4-10-19/h2-13H,14-17H2,1H3,(H,25,28). The van der Waals surface area contributed by atoms with Crippen molar-refractivity contribution < 1.29 is 4.79 Å². The first-order chi connectivity index (χ1) is 13.7. The molecular formula is C23H24N4O. The van der Waals surface area contributed by atoms with E-state index in [0.717, 1.165) is 41.4 Å². The molecule has 0 saturated carbocycles. The van der Waals surface area contributed by atoms with Gasteiger partial charge in [-0.05, 0) is 30.7 Å². The van der Waals surface area contributed by atoms with Gasteiger partial charge in [-0.15, -0.1) is 0 Å². The Kier molecular flexibility index (Phi) is 5.24. The molecule has 0 aliphatic carbocycles. The molecule has 5 nitrogen and oxygen atoms in total. The molecule has 0 radical (unpaired) electrons. The summed E-state index contributed by atoms with van der Waals surface area (Å²) in [5.74, 6) is 0.981. The highest BCUT2D eigenvalue weighted by atomic mass is 16.2. The van der Waals surface area contributed by atoms with Gasteiger partial charge < -0.3 is 15.1 Å². The van der Waals surface area contributed by atoms with Crippen molar-refractivity contribution in [2.24, 2.45) is 0 Å². The molecule has 1 fully saturated rings. The number of nitrogens with one attached hydrogen (secondary N) is 1. The summed E-state index contributed by atoms with van der Waals surface area (Å²) in [5, 5.41) is 3.10. The highest BCUT2D eigenvalue weighted by Gasteiger charge is 2.22. The number of hydrogen-bond donors (Lipinski definition) is 1. The van der Waals surface area contributed by atoms with Gasteiger partial charge in [0.1, 0.15) is 5.82 Å². The van der Waals surface area contributed by atoms with E-state index >= 15 is 0 Å². The van der Waals surface area contributed by atoms with Crippen molar-refractivity contribution in [3.63, 3.8) is 0 Å². The van der Waals surface area contributed by atoms with E-state index in [-0.39, 0.29) is 6.03 Å². The first-order valence-electron chi connectivity index (χ1n) is 9.60. The quantitative estimate of drug-likeness (QED) is 0.741. The smallest absolute Gasteiger partial charge is 0.321 e. The molecule has 0 unspecified atom stereocenters. The van der Waals surface area contributed by atoms with Crippen LogP contribution in [0, 0.1) is 6.92 Å². The van der Waals surface area contributed by atoms with E-state index < -0.39 is 0 Å². The minimum absolute atomic E-state index is 0.0553. The average Bonchev–Trinajstić information content (AvgIpc) is 2.75. The van der Waals surface area contributed by atoms with E-state index in [0.29, 0.717) is 13.1 Å². The molecule has 1 aliphatic rings. The lowest BCUT2D eigenvalue weighted by Crippen LogP contribution is -2.50. The van der Waals surface area contributed by atoms with E-state index in [1.807, 2.05) is 72.5 Å². The predicted octanol–water partition coefficient (Wildman–Crippen LogP) is 4.41. The Morgan fingerprint density at radius 3 is 2.32 bits per heavy atom. The lowest BCUT2D eigenvalue weighted by molar-refractivity contribution is 0.208. The van der Waals surface area contributed by atoms with Gasteiger partial charge in [0.25, 0.3) is 0 Å². The van der Waals surface area contributed by atoms with Crippen LogP contribution in [0.3, 0.4) is 0 Å². The summed E-state index contributed by atoms with van der Waals surface area (Å²) < 4.78 is 0. The van der Waals surface area contributed by atoms with E-state index in [9.17, 15) is 4.79 Å². The molecule has 4 rings (SSSR count). The number of nitrogens with zero attached hydrogens (tertiary/aromatic N) is 3. The number of anilines is 2. The van der Waals surface area contributed by atoms with Crippen molar-refractivity contribution in [2.75, 3.05) is 36.4 Å². The number of carbonyl (C=O) groups is 1. The summed E-state index contributed by atoms with van der Waals surface area (Å²) in [7, 11) is 0. The Morgan fingerprint density at radius 2 is 1.57 bits per heavy atom. The molecule has 1 aromatic heterocycles. The van der Waals surface area contributed by atoms with Gasteiger partial charge in [0.2, 0.25) is 0 Å². The average molecular weight is 372 g/mol. The SMILES string of the molecule is Cc1cccc(N2CCN(C(=O)Nc3ccccc3-c3ccccc3)CC2)n1. The summed E-state index contributed by atoms with van der Waals surface area (Å²) >= 11 is 0. The minimum Gasteiger partial charge on any atom is -0.353 e. The van der Waals surface area contributed by atoms with Crippen LogP contribution < -0.4 is 10.2 Å². The van der Waals surface area contributed by atoms with Crippen molar-refractivity contribution in [2.45, 2.75) is 6.92 Å². The van der Waals surface area contributed by atoms with E-state index in [2.05, 4.69) is 27.3 Å². The summed E-state index contributed by atoms with van der Waals surface area (Å²) in [6.45, 7) is 4.91. The summed E-state index contributed by atoms with van der Waals surface area (Å²) in [5.41, 5.74) is 3.96. The number of carbonyl (C=O) groups excluding carboxylic acids is 1. The molecule has 2 amide bonds. The molecule has 28 heavy (non-hydrogen) atoms. The van der Waals surface area contributed by atoms with Crippen molar-refractivity contribution in [3.8, 4) is 11.1 Å². The van der Waals surface area contributed by atoms with Crippen LogP contribution in [0.2, 0.25) is 0 Å². The zero-order valence-corrected chi connectivity index (χ0v) is 16.0. The van der Waals surface area contributed by atoms with Crippen LogP contribution in [0.5, 0.6) is 0 Å². The molecule has 0 atom stereocenters. The number of piperazine rings is 1. The van der Waals surface area contributed by atoms with Crippen LogP contribution in [0.4, 0.5) is 16.3 Å². The van der Waals surface area contributed by atoms with Crippen LogP contribution in [0.25, 0.3) is 11.1 Å². The zero-order chi connectivity index (χ0) is 19.3. The molecule has 142 valence electrons. The number of rotatable bonds is 3. The molecule has 2 aromatic carbocycles. The normalized spacial score (nSPS) is 14.0. The van der Waals surface area contributed by atoms with Crippen molar-refractivity contribution >= 4 is 17.5 Å². The van der Waals surface area contributed by atoms with Gasteiger partial charge in [-0.25, -0.2) is 9.78 Å². The third kappa shape index (κ3) is 3.98. The van der Waals surface area contributed by atoms with E-state index in [4.69, 9.17) is 0 Å². The maximum Gasteiger partial charge on any atom is 0.321 e. The number of amides is 2. The second-order valence-corrected chi connectivity index (χ2v) is 6.95. The Balaban J connectivity index is 1.42. The zero-order valence-electron chi connectivity index (χ0n) is 16.0. The third-order valence-corrected chi connectivity index (χ3v) is 5.02. The van der Waals surface area contributed by atoms with Gasteiger partial charge >= 0.3 is 6.03 Å². The Bertz CT molecular complexity index is 950. The second kappa shape index (κ2) is 8.13. The lowest BCUT2D eigenvalue weighted by Gasteiger charge is -2.35. The van der Waals surface area contributed by atoms with Gasteiger partial charge in [0.15, 0.2) is 0 Å². The number of aryl methyl sites for hydroxylation is 1. The number of hydrogen-bond acceptors (Lipinski definition) is 3. The highest BCUT2D eigenvalue weighted by molar-refractivity contribution is 5.94. The molecule has 1 N–H and O–H groups in total. The van der Waals surface area contributed by atoms with Crippen LogP contribution in [0.1, 0.15) is 5.69 Å². The molecule has 0 spiro atoms. The van der Waals surface area contributed by atoms with Gasteiger partial charge in [-0.3, -0.25) is 0 Å². The van der Waals surface area contributed by atoms with Crippen molar-refractivity contribution in [1.29, 1.82) is 0 Å². The third-order valence-electron chi connectivity index (χ3n) is 5.02. The number of urea groups is 1. The maximum atomic E-state index is 12.8. The monoisotopic (exact) mass is 372 g/mol. The Morgan fingerprint density at radius 1 is 0.857 bits per heavy atom. The summed E-state index contributed by atoms with van der Waals surface area (Å²) in [6, 6.07) is 24.0. The minimum atomic E-state index is -0.0553. The van der Waals surface area contributed by atoms with Crippen LogP contribution in [-0.2, 0) is 0 Å². The molecule has 2 heterocycles. The van der Waals surface area contributed by atoms with Crippen LogP contribution >= 0.6 is 0 Å². The molecule has 1 saturated heterocycles. The van der Waals surface area contributed by atoms with Crippen molar-refractivity contribution in [3.05, 3.63) is 78.5 Å². The largest absolute Gasteiger partial charge is 0.353 e. The van der Waals surface area contributed by atoms with E-state index in [1.165, 1.54) is 0 Å². The molecule has 5 heteroatoms. The summed E-state index contributed by atoms with van der Waals surface area (Å²) in [6.07, 6.45) is 0.